The van der Waals surface area contributed by atoms with E-state index in [2.05, 4.69) is 17.0 Å². The molecule has 0 radical (unpaired) electrons. The zero-order chi connectivity index (χ0) is 11.8. The molecule has 1 nitrogen and oxygen atoms in total. The normalized spacial score (nSPS) is 23.5. The average Bonchev–Trinajstić information content (AvgIpc) is 2.34. The Morgan fingerprint density at radius 2 is 2.06 bits per heavy atom. The van der Waals surface area contributed by atoms with Gasteiger partial charge in [-0.2, -0.15) is 0 Å². The predicted octanol–water partition coefficient (Wildman–Crippen LogP) is 4.45. The van der Waals surface area contributed by atoms with Crippen LogP contribution in [0.3, 0.4) is 0 Å². The molecule has 0 amide bonds. The summed E-state index contributed by atoms with van der Waals surface area (Å²) in [5.74, 6) is 0.857. The minimum absolute atomic E-state index is 0.628. The zero-order valence-corrected chi connectivity index (χ0v) is 11.1. The largest absolute Gasteiger partial charge is 0.371 e. The zero-order valence-electron chi connectivity index (χ0n) is 9.63. The summed E-state index contributed by atoms with van der Waals surface area (Å²) in [6.07, 6.45) is 6.24. The molecule has 0 aliphatic carbocycles. The standard InChI is InChI=1S/C14H15Cl2N/c15-12-5-4-11(8-13(12)16)14-6-3-10-2-1-7-17(14)9-10/h4-6,8,10H,1-3,7,9H2. The second-order valence-corrected chi connectivity index (χ2v) is 5.72. The van der Waals surface area contributed by atoms with Crippen LogP contribution in [0.2, 0.25) is 10.0 Å². The molecular formula is C14H15Cl2N. The molecule has 1 atom stereocenters. The van der Waals surface area contributed by atoms with Crippen LogP contribution >= 0.6 is 23.2 Å². The van der Waals surface area contributed by atoms with E-state index in [0.717, 1.165) is 5.92 Å². The summed E-state index contributed by atoms with van der Waals surface area (Å²) in [5, 5.41) is 1.27. The maximum Gasteiger partial charge on any atom is 0.0599 e. The minimum atomic E-state index is 0.628. The lowest BCUT2D eigenvalue weighted by atomic mass is 9.89. The van der Waals surface area contributed by atoms with Crippen LogP contribution in [0.1, 0.15) is 24.8 Å². The van der Waals surface area contributed by atoms with Crippen LogP contribution in [0.25, 0.3) is 5.70 Å². The number of rotatable bonds is 1. The molecule has 1 unspecified atom stereocenters. The Morgan fingerprint density at radius 3 is 2.88 bits per heavy atom. The molecule has 3 heteroatoms. The maximum absolute atomic E-state index is 6.09. The van der Waals surface area contributed by atoms with E-state index in [9.17, 15) is 0 Å². The van der Waals surface area contributed by atoms with Gasteiger partial charge >= 0.3 is 0 Å². The molecule has 1 aromatic carbocycles. The summed E-state index contributed by atoms with van der Waals surface area (Å²) < 4.78 is 0. The quantitative estimate of drug-likeness (QED) is 0.727. The number of hydrogen-bond donors (Lipinski definition) is 0. The Bertz CT molecular complexity index is 467. The highest BCUT2D eigenvalue weighted by Crippen LogP contribution is 2.35. The number of halogens is 2. The number of fused-ring (bicyclic) bond motifs is 2. The summed E-state index contributed by atoms with van der Waals surface area (Å²) in [6, 6.07) is 5.93. The second kappa shape index (κ2) is 4.55. The van der Waals surface area contributed by atoms with E-state index in [-0.39, 0.29) is 0 Å². The van der Waals surface area contributed by atoms with E-state index in [1.54, 1.807) is 0 Å². The lowest BCUT2D eigenvalue weighted by Crippen LogP contribution is -2.36. The Balaban J connectivity index is 1.95. The highest BCUT2D eigenvalue weighted by Gasteiger charge is 2.25. The van der Waals surface area contributed by atoms with Crippen molar-refractivity contribution < 1.29 is 0 Å². The number of benzene rings is 1. The third-order valence-electron chi connectivity index (χ3n) is 3.72. The van der Waals surface area contributed by atoms with Crippen molar-refractivity contribution in [2.45, 2.75) is 19.3 Å². The smallest absolute Gasteiger partial charge is 0.0599 e. The summed E-state index contributed by atoms with van der Waals surface area (Å²) >= 11 is 12.0. The fraction of sp³-hybridized carbons (Fsp3) is 0.429. The average molecular weight is 268 g/mol. The van der Waals surface area contributed by atoms with Gasteiger partial charge in [-0.05, 0) is 42.9 Å². The van der Waals surface area contributed by atoms with E-state index in [0.29, 0.717) is 10.0 Å². The molecule has 0 aromatic heterocycles. The number of allylic oxidation sites excluding steroid dienone is 1. The molecule has 1 fully saturated rings. The van der Waals surface area contributed by atoms with E-state index < -0.39 is 0 Å². The maximum atomic E-state index is 6.09. The van der Waals surface area contributed by atoms with Gasteiger partial charge in [-0.15, -0.1) is 0 Å². The lowest BCUT2D eigenvalue weighted by Gasteiger charge is -2.39. The Kier molecular flexibility index (Phi) is 3.06. The van der Waals surface area contributed by atoms with Crippen LogP contribution in [-0.2, 0) is 0 Å². The van der Waals surface area contributed by atoms with Gasteiger partial charge in [-0.1, -0.05) is 35.3 Å². The van der Waals surface area contributed by atoms with E-state index >= 15 is 0 Å². The van der Waals surface area contributed by atoms with Crippen LogP contribution in [0.15, 0.2) is 24.3 Å². The first-order valence-electron chi connectivity index (χ1n) is 6.14. The first kappa shape index (κ1) is 11.4. The molecule has 1 aromatic rings. The van der Waals surface area contributed by atoms with Gasteiger partial charge in [0.25, 0.3) is 0 Å². The van der Waals surface area contributed by atoms with Crippen LogP contribution in [0.4, 0.5) is 0 Å². The minimum Gasteiger partial charge on any atom is -0.371 e. The lowest BCUT2D eigenvalue weighted by molar-refractivity contribution is 0.233. The van der Waals surface area contributed by atoms with Crippen molar-refractivity contribution in [2.75, 3.05) is 13.1 Å². The highest BCUT2D eigenvalue weighted by atomic mass is 35.5. The molecule has 2 aliphatic heterocycles. The van der Waals surface area contributed by atoms with Crippen LogP contribution in [-0.4, -0.2) is 18.0 Å². The highest BCUT2D eigenvalue weighted by molar-refractivity contribution is 6.42. The summed E-state index contributed by atoms with van der Waals surface area (Å²) in [5.41, 5.74) is 2.53. The topological polar surface area (TPSA) is 3.24 Å². The van der Waals surface area contributed by atoms with Crippen molar-refractivity contribution in [2.24, 2.45) is 5.92 Å². The fourth-order valence-electron chi connectivity index (χ4n) is 2.84. The van der Waals surface area contributed by atoms with Crippen molar-refractivity contribution >= 4 is 28.9 Å². The molecule has 0 N–H and O–H groups in total. The monoisotopic (exact) mass is 267 g/mol. The van der Waals surface area contributed by atoms with Gasteiger partial charge in [-0.25, -0.2) is 0 Å². The first-order valence-corrected chi connectivity index (χ1v) is 6.90. The molecule has 3 rings (SSSR count). The number of piperidine rings is 1. The van der Waals surface area contributed by atoms with Crippen molar-refractivity contribution in [3.05, 3.63) is 39.9 Å². The molecule has 90 valence electrons. The Hall–Kier alpha value is -0.660. The Labute approximate surface area is 112 Å². The van der Waals surface area contributed by atoms with Crippen molar-refractivity contribution in [3.63, 3.8) is 0 Å². The van der Waals surface area contributed by atoms with Crippen LogP contribution < -0.4 is 0 Å². The number of hydrogen-bond acceptors (Lipinski definition) is 1. The first-order chi connectivity index (χ1) is 8.24. The van der Waals surface area contributed by atoms with Crippen molar-refractivity contribution in [1.29, 1.82) is 0 Å². The molecule has 0 saturated carbocycles. The Morgan fingerprint density at radius 1 is 1.18 bits per heavy atom. The molecule has 2 aliphatic rings. The molecule has 17 heavy (non-hydrogen) atoms. The summed E-state index contributed by atoms with van der Waals surface area (Å²) in [6.45, 7) is 2.37. The van der Waals surface area contributed by atoms with Crippen molar-refractivity contribution in [3.8, 4) is 0 Å². The van der Waals surface area contributed by atoms with Crippen molar-refractivity contribution in [1.82, 2.24) is 4.90 Å². The van der Waals surface area contributed by atoms with Gasteiger partial charge in [0.1, 0.15) is 0 Å². The molecule has 1 saturated heterocycles. The van der Waals surface area contributed by atoms with E-state index in [1.807, 2.05) is 12.1 Å². The van der Waals surface area contributed by atoms with Gasteiger partial charge in [0.2, 0.25) is 0 Å². The van der Waals surface area contributed by atoms with E-state index in [4.69, 9.17) is 23.2 Å². The number of nitrogens with zero attached hydrogens (tertiary/aromatic N) is 1. The van der Waals surface area contributed by atoms with Crippen LogP contribution in [0, 0.1) is 5.92 Å². The predicted molar refractivity (Wildman–Crippen MR) is 73.4 cm³/mol. The van der Waals surface area contributed by atoms with Gasteiger partial charge in [-0.3, -0.25) is 0 Å². The molecule has 2 heterocycles. The molecule has 2 bridgehead atoms. The third-order valence-corrected chi connectivity index (χ3v) is 4.46. The summed E-state index contributed by atoms with van der Waals surface area (Å²) in [4.78, 5) is 2.48. The molecular weight excluding hydrogens is 253 g/mol. The van der Waals surface area contributed by atoms with Gasteiger partial charge < -0.3 is 4.90 Å². The van der Waals surface area contributed by atoms with E-state index in [1.165, 1.54) is 43.6 Å². The fourth-order valence-corrected chi connectivity index (χ4v) is 3.14. The molecule has 0 spiro atoms. The summed E-state index contributed by atoms with van der Waals surface area (Å²) in [7, 11) is 0. The SMILES string of the molecule is Clc1ccc(C2=CCC3CCCN2C3)cc1Cl. The van der Waals surface area contributed by atoms with Gasteiger partial charge in [0, 0.05) is 18.8 Å². The van der Waals surface area contributed by atoms with Crippen LogP contribution in [0.5, 0.6) is 0 Å². The third kappa shape index (κ3) is 2.19. The second-order valence-electron chi connectivity index (χ2n) is 4.91. The van der Waals surface area contributed by atoms with Gasteiger partial charge in [0.05, 0.1) is 10.0 Å². The van der Waals surface area contributed by atoms with Gasteiger partial charge in [0.15, 0.2) is 0 Å².